The number of fused-ring (bicyclic) bond motifs is 1. The van der Waals surface area contributed by atoms with E-state index < -0.39 is 35.8 Å². The van der Waals surface area contributed by atoms with Crippen molar-refractivity contribution in [2.24, 2.45) is 5.92 Å². The van der Waals surface area contributed by atoms with Gasteiger partial charge in [0.25, 0.3) is 18.2 Å². The molecule has 2 unspecified atom stereocenters. The van der Waals surface area contributed by atoms with Gasteiger partial charge in [0.2, 0.25) is 0 Å². The van der Waals surface area contributed by atoms with E-state index in [1.54, 1.807) is 0 Å². The smallest absolute Gasteiger partial charge is 0.258 e. The topological polar surface area (TPSA) is 88.7 Å². The third kappa shape index (κ3) is 4.35. The van der Waals surface area contributed by atoms with Crippen LogP contribution < -0.4 is 20.9 Å². The highest BCUT2D eigenvalue weighted by Gasteiger charge is 2.57. The van der Waals surface area contributed by atoms with Crippen LogP contribution in [0.15, 0.2) is 18.2 Å². The molecule has 164 valence electrons. The molecule has 1 aromatic rings. The Morgan fingerprint density at radius 2 is 2.10 bits per heavy atom. The summed E-state index contributed by atoms with van der Waals surface area (Å²) in [6.45, 7) is -0.278. The number of halogens is 4. The fraction of sp³-hybridized carbons (Fsp3) is 0.579. The van der Waals surface area contributed by atoms with Gasteiger partial charge in [-0.2, -0.15) is 5.48 Å². The van der Waals surface area contributed by atoms with Crippen LogP contribution in [-0.4, -0.2) is 48.6 Å². The van der Waals surface area contributed by atoms with Crippen molar-refractivity contribution in [2.45, 2.75) is 55.8 Å². The summed E-state index contributed by atoms with van der Waals surface area (Å²) in [6.07, 6.45) is -1.71. The average molecular weight is 448 g/mol. The number of carbonyl (C=O) groups is 2. The average Bonchev–Trinajstić information content (AvgIpc) is 3.35. The number of benzene rings is 1. The first-order valence-corrected chi connectivity index (χ1v) is 10.0. The van der Waals surface area contributed by atoms with Gasteiger partial charge in [0.15, 0.2) is 12.7 Å². The van der Waals surface area contributed by atoms with Crippen LogP contribution in [0.5, 0.6) is 5.75 Å². The Kier molecular flexibility index (Phi) is 5.82. The number of hydrogen-bond donors (Lipinski definition) is 3. The zero-order valence-electron chi connectivity index (χ0n) is 15.8. The van der Waals surface area contributed by atoms with Crippen molar-refractivity contribution in [3.05, 3.63) is 29.0 Å². The lowest BCUT2D eigenvalue weighted by Crippen LogP contribution is -2.54. The van der Waals surface area contributed by atoms with Crippen LogP contribution in [0.25, 0.3) is 0 Å². The largest absolute Gasteiger partial charge is 0.484 e. The van der Waals surface area contributed by atoms with Gasteiger partial charge in [0.05, 0.1) is 11.1 Å². The molecule has 5 rings (SSSR count). The van der Waals surface area contributed by atoms with Crippen molar-refractivity contribution >= 4 is 23.4 Å². The molecule has 0 spiro atoms. The van der Waals surface area contributed by atoms with Gasteiger partial charge in [-0.1, -0.05) is 11.6 Å². The zero-order chi connectivity index (χ0) is 21.5. The number of ether oxygens (including phenoxy) is 1. The highest BCUT2D eigenvalue weighted by Crippen LogP contribution is 2.52. The maximum Gasteiger partial charge on any atom is 0.258 e. The van der Waals surface area contributed by atoms with E-state index in [1.165, 1.54) is 12.1 Å². The Labute approximate surface area is 175 Å². The van der Waals surface area contributed by atoms with Crippen LogP contribution >= 0.6 is 11.6 Å². The SMILES string of the molecule is O=C(COc1ccc(Cl)c(F)c1)N[C@H]1CC2(NC(=O)C3CC(C(F)F)NO3)CC1C2. The second-order valence-electron chi connectivity index (χ2n) is 8.08. The van der Waals surface area contributed by atoms with Crippen LogP contribution in [-0.2, 0) is 14.4 Å². The molecular weight excluding hydrogens is 427 g/mol. The molecule has 1 heterocycles. The van der Waals surface area contributed by atoms with E-state index in [1.807, 2.05) is 0 Å². The number of rotatable bonds is 7. The number of alkyl halides is 2. The van der Waals surface area contributed by atoms with E-state index in [0.29, 0.717) is 19.3 Å². The van der Waals surface area contributed by atoms with Crippen molar-refractivity contribution in [1.82, 2.24) is 16.1 Å². The minimum atomic E-state index is -2.60. The normalized spacial score (nSPS) is 32.0. The van der Waals surface area contributed by atoms with Crippen molar-refractivity contribution in [3.8, 4) is 5.75 Å². The van der Waals surface area contributed by atoms with E-state index in [2.05, 4.69) is 16.1 Å². The van der Waals surface area contributed by atoms with E-state index in [0.717, 1.165) is 6.07 Å². The number of amides is 2. The minimum Gasteiger partial charge on any atom is -0.484 e. The van der Waals surface area contributed by atoms with Crippen LogP contribution in [0.2, 0.25) is 5.02 Å². The maximum absolute atomic E-state index is 13.4. The van der Waals surface area contributed by atoms with E-state index in [9.17, 15) is 22.8 Å². The summed E-state index contributed by atoms with van der Waals surface area (Å²) < 4.78 is 44.1. The predicted octanol–water partition coefficient (Wildman–Crippen LogP) is 1.94. The minimum absolute atomic E-state index is 0.0339. The summed E-state index contributed by atoms with van der Waals surface area (Å²) in [5.74, 6) is -1.00. The second kappa shape index (κ2) is 8.24. The highest BCUT2D eigenvalue weighted by atomic mass is 35.5. The Morgan fingerprint density at radius 3 is 2.77 bits per heavy atom. The standard InChI is InChI=1S/C19H21ClF3N3O4/c20-11-2-1-10(3-12(11)21)29-8-16(27)24-14-7-19(5-9(14)6-19)25-18(28)15-4-13(17(22)23)26-30-15/h1-3,9,13-15,17,26H,4-8H2,(H,24,27)(H,25,28)/t9?,13?,14-,15?,19?/m0/s1. The lowest BCUT2D eigenvalue weighted by molar-refractivity contribution is -0.136. The molecule has 1 aromatic carbocycles. The molecule has 3 atom stereocenters. The van der Waals surface area contributed by atoms with Crippen LogP contribution in [0.4, 0.5) is 13.2 Å². The summed E-state index contributed by atoms with van der Waals surface area (Å²) in [6, 6.07) is 2.63. The van der Waals surface area contributed by atoms with Crippen molar-refractivity contribution in [1.29, 1.82) is 0 Å². The molecule has 0 aromatic heterocycles. The maximum atomic E-state index is 13.4. The molecule has 2 bridgehead atoms. The number of carbonyl (C=O) groups excluding carboxylic acids is 2. The molecule has 3 N–H and O–H groups in total. The molecule has 3 saturated carbocycles. The number of hydroxylamine groups is 1. The van der Waals surface area contributed by atoms with Crippen molar-refractivity contribution in [2.75, 3.05) is 6.61 Å². The molecule has 4 fully saturated rings. The first-order chi connectivity index (χ1) is 14.2. The summed E-state index contributed by atoms with van der Waals surface area (Å²) >= 11 is 5.60. The zero-order valence-corrected chi connectivity index (χ0v) is 16.6. The van der Waals surface area contributed by atoms with Gasteiger partial charge >= 0.3 is 0 Å². The van der Waals surface area contributed by atoms with Gasteiger partial charge in [0, 0.05) is 24.1 Å². The Hall–Kier alpha value is -2.04. The van der Waals surface area contributed by atoms with E-state index in [4.69, 9.17) is 21.2 Å². The van der Waals surface area contributed by atoms with Crippen LogP contribution in [0.1, 0.15) is 25.7 Å². The molecular formula is C19H21ClF3N3O4. The quantitative estimate of drug-likeness (QED) is 0.594. The molecule has 7 nitrogen and oxygen atoms in total. The molecule has 2 amide bonds. The van der Waals surface area contributed by atoms with E-state index in [-0.39, 0.29) is 41.7 Å². The fourth-order valence-electron chi connectivity index (χ4n) is 4.42. The second-order valence-corrected chi connectivity index (χ2v) is 8.49. The van der Waals surface area contributed by atoms with Crippen LogP contribution in [0, 0.1) is 11.7 Å². The van der Waals surface area contributed by atoms with Crippen LogP contribution in [0.3, 0.4) is 0 Å². The Balaban J connectivity index is 1.23. The summed E-state index contributed by atoms with van der Waals surface area (Å²) in [4.78, 5) is 29.5. The van der Waals surface area contributed by atoms with Crippen molar-refractivity contribution < 1.29 is 32.3 Å². The first kappa shape index (κ1) is 21.2. The molecule has 30 heavy (non-hydrogen) atoms. The molecule has 1 saturated heterocycles. The monoisotopic (exact) mass is 447 g/mol. The van der Waals surface area contributed by atoms with Gasteiger partial charge < -0.3 is 15.4 Å². The lowest BCUT2D eigenvalue weighted by atomic mass is 9.76. The van der Waals surface area contributed by atoms with Gasteiger partial charge in [-0.25, -0.2) is 13.2 Å². The third-order valence-electron chi connectivity index (χ3n) is 5.91. The Bertz CT molecular complexity index is 837. The molecule has 1 aliphatic heterocycles. The first-order valence-electron chi connectivity index (χ1n) is 9.63. The van der Waals surface area contributed by atoms with Gasteiger partial charge in [-0.15, -0.1) is 0 Å². The van der Waals surface area contributed by atoms with Crippen molar-refractivity contribution in [3.63, 3.8) is 0 Å². The molecule has 0 radical (unpaired) electrons. The lowest BCUT2D eigenvalue weighted by Gasteiger charge is -2.39. The highest BCUT2D eigenvalue weighted by molar-refractivity contribution is 6.30. The summed E-state index contributed by atoms with van der Waals surface area (Å²) in [5.41, 5.74) is 1.74. The Morgan fingerprint density at radius 1 is 1.33 bits per heavy atom. The molecule has 3 aliphatic carbocycles. The van der Waals surface area contributed by atoms with Gasteiger partial charge in [-0.05, 0) is 37.3 Å². The molecule has 4 aliphatic rings. The third-order valence-corrected chi connectivity index (χ3v) is 6.21. The number of nitrogens with one attached hydrogen (secondary N) is 3. The van der Waals surface area contributed by atoms with E-state index >= 15 is 0 Å². The summed E-state index contributed by atoms with van der Waals surface area (Å²) in [5, 5.41) is 5.75. The van der Waals surface area contributed by atoms with Gasteiger partial charge in [-0.3, -0.25) is 14.4 Å². The molecule has 11 heteroatoms. The summed E-state index contributed by atoms with van der Waals surface area (Å²) in [7, 11) is 0. The predicted molar refractivity (Wildman–Crippen MR) is 99.5 cm³/mol. The number of hydrogen-bond acceptors (Lipinski definition) is 5. The van der Waals surface area contributed by atoms with Gasteiger partial charge in [0.1, 0.15) is 11.6 Å². The fourth-order valence-corrected chi connectivity index (χ4v) is 4.54.